The maximum atomic E-state index is 13.1. The molecule has 5 heteroatoms. The summed E-state index contributed by atoms with van der Waals surface area (Å²) in [5.74, 6) is 0. The molecule has 4 rings (SSSR count). The topological polar surface area (TPSA) is 69.6 Å². The zero-order valence-electron chi connectivity index (χ0n) is 15.8. The van der Waals surface area contributed by atoms with Gasteiger partial charge in [0.2, 0.25) is 0 Å². The molecule has 4 nitrogen and oxygen atoms in total. The van der Waals surface area contributed by atoms with Crippen molar-refractivity contribution in [1.82, 2.24) is 4.57 Å². The summed E-state index contributed by atoms with van der Waals surface area (Å²) in [5, 5.41) is 18.7. The summed E-state index contributed by atoms with van der Waals surface area (Å²) in [4.78, 5) is 13.1. The van der Waals surface area contributed by atoms with E-state index in [0.29, 0.717) is 14.9 Å². The van der Waals surface area contributed by atoms with Crippen molar-refractivity contribution in [3.05, 3.63) is 110 Å². The zero-order valence-corrected chi connectivity index (χ0v) is 16.6. The predicted octanol–water partition coefficient (Wildman–Crippen LogP) is 3.59. The van der Waals surface area contributed by atoms with Gasteiger partial charge in [0.25, 0.3) is 5.56 Å². The van der Waals surface area contributed by atoms with Crippen LogP contribution in [0.25, 0.3) is 28.5 Å². The number of hydrogen-bond donors (Lipinski definition) is 0. The normalized spacial score (nSPS) is 10.9. The van der Waals surface area contributed by atoms with E-state index in [2.05, 4.69) is 0 Å². The lowest BCUT2D eigenvalue weighted by atomic mass is 10.0. The van der Waals surface area contributed by atoms with E-state index in [4.69, 9.17) is 0 Å². The van der Waals surface area contributed by atoms with Gasteiger partial charge in [0, 0.05) is 0 Å². The van der Waals surface area contributed by atoms with Gasteiger partial charge >= 0.3 is 0 Å². The van der Waals surface area contributed by atoms with Crippen LogP contribution in [0.1, 0.15) is 5.56 Å². The largest absolute Gasteiger partial charge is 0.273 e. The molecule has 0 aliphatic carbocycles. The predicted molar refractivity (Wildman–Crippen MR) is 119 cm³/mol. The van der Waals surface area contributed by atoms with Gasteiger partial charge in [0.05, 0.1) is 10.2 Å². The summed E-state index contributed by atoms with van der Waals surface area (Å²) in [7, 11) is 0. The average molecular weight is 405 g/mol. The molecule has 3 aromatic carbocycles. The molecule has 1 heterocycles. The number of para-hydroxylation sites is 1. The lowest BCUT2D eigenvalue weighted by Gasteiger charge is -2.01. The lowest BCUT2D eigenvalue weighted by Crippen LogP contribution is -2.30. The molecule has 0 aliphatic heterocycles. The van der Waals surface area contributed by atoms with Gasteiger partial charge in [-0.3, -0.25) is 9.36 Å². The summed E-state index contributed by atoms with van der Waals surface area (Å²) < 4.78 is 2.23. The second-order valence-electron chi connectivity index (χ2n) is 6.48. The van der Waals surface area contributed by atoms with E-state index in [1.54, 1.807) is 18.2 Å². The van der Waals surface area contributed by atoms with Gasteiger partial charge in [-0.1, -0.05) is 72.8 Å². The second kappa shape index (κ2) is 8.45. The minimum atomic E-state index is -0.253. The van der Waals surface area contributed by atoms with Gasteiger partial charge < -0.3 is 0 Å². The molecule has 0 saturated carbocycles. The molecule has 0 unspecified atom stereocenters. The molecule has 0 atom stereocenters. The molecule has 142 valence electrons. The number of nitriles is 2. The van der Waals surface area contributed by atoms with Crippen molar-refractivity contribution in [2.45, 2.75) is 0 Å². The third-order valence-corrected chi connectivity index (χ3v) is 5.68. The fourth-order valence-corrected chi connectivity index (χ4v) is 4.19. The second-order valence-corrected chi connectivity index (χ2v) is 7.51. The Morgan fingerprint density at radius 3 is 1.97 bits per heavy atom. The zero-order chi connectivity index (χ0) is 20.9. The molecule has 0 bridgehead atoms. The number of thiazole rings is 1. The number of nitrogens with zero attached hydrogens (tertiary/aromatic N) is 3. The van der Waals surface area contributed by atoms with Crippen LogP contribution in [0.5, 0.6) is 0 Å². The number of benzene rings is 3. The molecule has 0 fully saturated rings. The molecule has 0 radical (unpaired) electrons. The van der Waals surface area contributed by atoms with E-state index in [9.17, 15) is 15.3 Å². The first-order chi connectivity index (χ1) is 14.7. The van der Waals surface area contributed by atoms with Gasteiger partial charge in [0.1, 0.15) is 16.8 Å². The molecule has 0 aliphatic rings. The summed E-state index contributed by atoms with van der Waals surface area (Å²) in [5.41, 5.74) is 3.37. The summed E-state index contributed by atoms with van der Waals surface area (Å²) in [6.45, 7) is 0. The summed E-state index contributed by atoms with van der Waals surface area (Å²) >= 11 is 1.15. The summed E-state index contributed by atoms with van der Waals surface area (Å²) in [6, 6.07) is 30.8. The Hall–Kier alpha value is -4.19. The molecule has 0 N–H and O–H groups in total. The van der Waals surface area contributed by atoms with Gasteiger partial charge in [0.15, 0.2) is 5.57 Å². The Bertz CT molecular complexity index is 1430. The minimum Gasteiger partial charge on any atom is -0.267 e. The van der Waals surface area contributed by atoms with Crippen LogP contribution in [-0.4, -0.2) is 4.57 Å². The van der Waals surface area contributed by atoms with Crippen LogP contribution in [-0.2, 0) is 0 Å². The van der Waals surface area contributed by atoms with Crippen LogP contribution < -0.4 is 14.8 Å². The van der Waals surface area contributed by atoms with E-state index in [0.717, 1.165) is 28.0 Å². The van der Waals surface area contributed by atoms with E-state index in [-0.39, 0.29) is 11.1 Å². The molecule has 0 amide bonds. The van der Waals surface area contributed by atoms with Crippen LogP contribution in [0.3, 0.4) is 0 Å². The van der Waals surface area contributed by atoms with Crippen LogP contribution in [0.2, 0.25) is 0 Å². The van der Waals surface area contributed by atoms with E-state index >= 15 is 0 Å². The third-order valence-electron chi connectivity index (χ3n) is 4.59. The monoisotopic (exact) mass is 405 g/mol. The first kappa shape index (κ1) is 19.1. The quantitative estimate of drug-likeness (QED) is 0.523. The Balaban J connectivity index is 1.88. The fraction of sp³-hybridized carbons (Fsp3) is 0. The maximum Gasteiger partial charge on any atom is 0.273 e. The Labute approximate surface area is 177 Å². The van der Waals surface area contributed by atoms with Crippen molar-refractivity contribution < 1.29 is 0 Å². The standard InChI is InChI=1S/C25H15N3OS/c26-16-21(17-27)25-28(22-9-5-2-6-10-22)24(29)23(30-25)15-18-11-13-20(14-12-18)19-7-3-1-4-8-19/h1-15H/b23-15-. The highest BCUT2D eigenvalue weighted by atomic mass is 32.1. The Kier molecular flexibility index (Phi) is 5.39. The number of aromatic nitrogens is 1. The molecule has 1 aromatic heterocycles. The molecular formula is C25H15N3OS. The lowest BCUT2D eigenvalue weighted by molar-refractivity contribution is 0.988. The highest BCUT2D eigenvalue weighted by molar-refractivity contribution is 7.07. The van der Waals surface area contributed by atoms with Crippen LogP contribution >= 0.6 is 11.3 Å². The summed E-state index contributed by atoms with van der Waals surface area (Å²) in [6.07, 6.45) is 1.79. The number of rotatable bonds is 3. The highest BCUT2D eigenvalue weighted by Crippen LogP contribution is 2.19. The third kappa shape index (κ3) is 3.71. The Morgan fingerprint density at radius 2 is 1.37 bits per heavy atom. The van der Waals surface area contributed by atoms with Crippen LogP contribution in [0.4, 0.5) is 0 Å². The molecule has 0 saturated heterocycles. The van der Waals surface area contributed by atoms with Crippen molar-refractivity contribution in [2.75, 3.05) is 0 Å². The fourth-order valence-electron chi connectivity index (χ4n) is 3.14. The van der Waals surface area contributed by atoms with Gasteiger partial charge in [-0.25, -0.2) is 0 Å². The Morgan fingerprint density at radius 1 is 0.800 bits per heavy atom. The molecule has 30 heavy (non-hydrogen) atoms. The maximum absolute atomic E-state index is 13.1. The van der Waals surface area contributed by atoms with Crippen molar-refractivity contribution >= 4 is 23.0 Å². The molecule has 4 aromatic rings. The van der Waals surface area contributed by atoms with Crippen molar-refractivity contribution in [3.63, 3.8) is 0 Å². The van der Waals surface area contributed by atoms with Gasteiger partial charge in [-0.05, 0) is 34.9 Å². The SMILES string of the molecule is N#CC(C#N)=c1s/c(=C\c2ccc(-c3ccccc3)cc2)c(=O)n1-c1ccccc1. The number of hydrogen-bond acceptors (Lipinski definition) is 4. The first-order valence-corrected chi connectivity index (χ1v) is 10.0. The van der Waals surface area contributed by atoms with Crippen molar-refractivity contribution in [2.24, 2.45) is 0 Å². The van der Waals surface area contributed by atoms with E-state index < -0.39 is 0 Å². The van der Waals surface area contributed by atoms with Crippen molar-refractivity contribution in [3.8, 4) is 29.0 Å². The van der Waals surface area contributed by atoms with Crippen LogP contribution in [0, 0.1) is 22.7 Å². The van der Waals surface area contributed by atoms with Gasteiger partial charge in [-0.15, -0.1) is 11.3 Å². The van der Waals surface area contributed by atoms with E-state index in [1.165, 1.54) is 4.57 Å². The van der Waals surface area contributed by atoms with E-state index in [1.807, 2.05) is 84.9 Å². The smallest absolute Gasteiger partial charge is 0.267 e. The molecular weight excluding hydrogens is 390 g/mol. The highest BCUT2D eigenvalue weighted by Gasteiger charge is 2.11. The average Bonchev–Trinajstić information content (AvgIpc) is 3.12. The molecule has 0 spiro atoms. The first-order valence-electron chi connectivity index (χ1n) is 9.20. The minimum absolute atomic E-state index is 0.0833. The van der Waals surface area contributed by atoms with Crippen LogP contribution in [0.15, 0.2) is 89.7 Å². The van der Waals surface area contributed by atoms with Crippen molar-refractivity contribution in [1.29, 1.82) is 10.5 Å². The van der Waals surface area contributed by atoms with Gasteiger partial charge in [-0.2, -0.15) is 10.5 Å².